The number of nitrogens with zero attached hydrogens (tertiary/aromatic N) is 3. The zero-order chi connectivity index (χ0) is 25.7. The molecule has 9 heteroatoms. The van der Waals surface area contributed by atoms with Crippen molar-refractivity contribution < 1.29 is 14.4 Å². The second kappa shape index (κ2) is 11.3. The number of rotatable bonds is 8. The quantitative estimate of drug-likeness (QED) is 0.387. The van der Waals surface area contributed by atoms with Crippen molar-refractivity contribution in [3.63, 3.8) is 0 Å². The first-order chi connectivity index (χ1) is 17.4. The third kappa shape index (κ3) is 5.68. The molecule has 2 amide bonds. The van der Waals surface area contributed by atoms with Gasteiger partial charge in [-0.05, 0) is 36.6 Å². The van der Waals surface area contributed by atoms with Gasteiger partial charge in [0.25, 0.3) is 11.7 Å². The van der Waals surface area contributed by atoms with Crippen molar-refractivity contribution in [3.8, 4) is 0 Å². The van der Waals surface area contributed by atoms with Gasteiger partial charge in [0.15, 0.2) is 0 Å². The standard InChI is InChI=1S/C27H32N6O3/c1-3-9-33(10-4-2)27(36)19-11-17-5-6-18(13-23(17)32-24(28)14-19)25(34)26(35)31-21-12-20-15-29-8-7-22(20)30-16-21/h5-6,11-13,16,29H,3-4,7-10,14-15H2,1-2H3,(H2,28,32)(H,31,35). The Balaban J connectivity index is 1.54. The summed E-state index contributed by atoms with van der Waals surface area (Å²) >= 11 is 0. The van der Waals surface area contributed by atoms with Gasteiger partial charge in [0.1, 0.15) is 5.84 Å². The average Bonchev–Trinajstić information content (AvgIpc) is 3.05. The molecule has 4 rings (SSSR count). The van der Waals surface area contributed by atoms with Crippen molar-refractivity contribution in [2.24, 2.45) is 10.7 Å². The van der Waals surface area contributed by atoms with Gasteiger partial charge in [0, 0.05) is 61.4 Å². The molecule has 0 fully saturated rings. The molecule has 4 N–H and O–H groups in total. The maximum atomic E-state index is 13.1. The molecule has 0 saturated heterocycles. The number of aliphatic imine (C=N–C) groups is 1. The van der Waals surface area contributed by atoms with Crippen LogP contribution in [0.2, 0.25) is 0 Å². The third-order valence-corrected chi connectivity index (χ3v) is 6.18. The van der Waals surface area contributed by atoms with E-state index in [-0.39, 0.29) is 23.7 Å². The highest BCUT2D eigenvalue weighted by atomic mass is 16.2. The summed E-state index contributed by atoms with van der Waals surface area (Å²) in [6.45, 7) is 6.97. The highest BCUT2D eigenvalue weighted by Crippen LogP contribution is 2.29. The first kappa shape index (κ1) is 25.2. The number of benzene rings is 1. The van der Waals surface area contributed by atoms with E-state index in [1.54, 1.807) is 30.5 Å². The molecule has 0 aliphatic carbocycles. The Hall–Kier alpha value is -3.85. The molecule has 188 valence electrons. The number of nitrogens with two attached hydrogens (primary N) is 1. The molecule has 0 saturated carbocycles. The van der Waals surface area contributed by atoms with Crippen molar-refractivity contribution in [3.05, 3.63) is 58.4 Å². The smallest absolute Gasteiger partial charge is 0.296 e. The van der Waals surface area contributed by atoms with Crippen molar-refractivity contribution in [1.82, 2.24) is 15.2 Å². The molecule has 2 aromatic rings. The zero-order valence-electron chi connectivity index (χ0n) is 20.8. The number of nitrogens with one attached hydrogen (secondary N) is 2. The fourth-order valence-corrected chi connectivity index (χ4v) is 4.46. The predicted molar refractivity (Wildman–Crippen MR) is 140 cm³/mol. The molecule has 0 spiro atoms. The van der Waals surface area contributed by atoms with Gasteiger partial charge in [-0.15, -0.1) is 0 Å². The third-order valence-electron chi connectivity index (χ3n) is 6.18. The van der Waals surface area contributed by atoms with Crippen LogP contribution < -0.4 is 16.4 Å². The number of Topliss-reactive ketones (excluding diaryl/α,β-unsaturated/α-hetero) is 1. The fraction of sp³-hybridized carbons (Fsp3) is 0.370. The second-order valence-corrected chi connectivity index (χ2v) is 9.06. The van der Waals surface area contributed by atoms with E-state index in [0.29, 0.717) is 42.1 Å². The van der Waals surface area contributed by atoms with Gasteiger partial charge in [-0.2, -0.15) is 0 Å². The number of carbonyl (C=O) groups excluding carboxylic acids is 3. The topological polar surface area (TPSA) is 130 Å². The maximum absolute atomic E-state index is 13.1. The Morgan fingerprint density at radius 1 is 1.14 bits per heavy atom. The van der Waals surface area contributed by atoms with Crippen LogP contribution in [0.25, 0.3) is 6.08 Å². The molecule has 3 heterocycles. The summed E-state index contributed by atoms with van der Waals surface area (Å²) < 4.78 is 0. The van der Waals surface area contributed by atoms with E-state index in [0.717, 1.165) is 37.1 Å². The van der Waals surface area contributed by atoms with Crippen molar-refractivity contribution >= 4 is 40.9 Å². The molecular weight excluding hydrogens is 456 g/mol. The zero-order valence-corrected chi connectivity index (χ0v) is 20.8. The number of carbonyl (C=O) groups is 3. The van der Waals surface area contributed by atoms with Gasteiger partial charge in [-0.3, -0.25) is 19.4 Å². The lowest BCUT2D eigenvalue weighted by Crippen LogP contribution is -2.34. The van der Waals surface area contributed by atoms with Crippen LogP contribution in [0.5, 0.6) is 0 Å². The number of aromatic nitrogens is 1. The lowest BCUT2D eigenvalue weighted by molar-refractivity contribution is -0.127. The Morgan fingerprint density at radius 2 is 1.92 bits per heavy atom. The van der Waals surface area contributed by atoms with Crippen molar-refractivity contribution in [2.45, 2.75) is 46.1 Å². The molecule has 1 aromatic heterocycles. The van der Waals surface area contributed by atoms with Gasteiger partial charge in [0.05, 0.1) is 17.6 Å². The summed E-state index contributed by atoms with van der Waals surface area (Å²) in [5.74, 6) is -1.22. The molecule has 2 aliphatic heterocycles. The molecule has 0 atom stereocenters. The highest BCUT2D eigenvalue weighted by molar-refractivity contribution is 6.46. The number of fused-ring (bicyclic) bond motifs is 2. The van der Waals surface area contributed by atoms with Gasteiger partial charge in [-0.25, -0.2) is 4.99 Å². The van der Waals surface area contributed by atoms with Crippen LogP contribution in [0.1, 0.15) is 60.3 Å². The van der Waals surface area contributed by atoms with Crippen LogP contribution in [-0.4, -0.2) is 53.0 Å². The van der Waals surface area contributed by atoms with Crippen LogP contribution in [0, 0.1) is 0 Å². The minimum atomic E-state index is -0.757. The Kier molecular flexibility index (Phi) is 7.90. The van der Waals surface area contributed by atoms with E-state index in [4.69, 9.17) is 5.73 Å². The second-order valence-electron chi connectivity index (χ2n) is 9.06. The summed E-state index contributed by atoms with van der Waals surface area (Å²) in [6.07, 6.45) is 6.14. The Labute approximate surface area is 210 Å². The van der Waals surface area contributed by atoms with Crippen LogP contribution in [0.15, 0.2) is 41.0 Å². The van der Waals surface area contributed by atoms with Crippen LogP contribution >= 0.6 is 0 Å². The minimum absolute atomic E-state index is 0.0573. The summed E-state index contributed by atoms with van der Waals surface area (Å²) in [5, 5.41) is 5.91. The number of hydrogen-bond acceptors (Lipinski definition) is 7. The SMILES string of the molecule is CCCN(CCC)C(=O)C1=Cc2ccc(C(=O)C(=O)Nc3cnc4c(c3)CNCC4)cc2N=C(N)C1. The highest BCUT2D eigenvalue weighted by Gasteiger charge is 2.23. The summed E-state index contributed by atoms with van der Waals surface area (Å²) in [6, 6.07) is 6.65. The number of anilines is 1. The van der Waals surface area contributed by atoms with Gasteiger partial charge < -0.3 is 21.3 Å². The van der Waals surface area contributed by atoms with Crippen LogP contribution in [0.3, 0.4) is 0 Å². The monoisotopic (exact) mass is 488 g/mol. The van der Waals surface area contributed by atoms with Crippen molar-refractivity contribution in [2.75, 3.05) is 25.0 Å². The lowest BCUT2D eigenvalue weighted by atomic mass is 10.0. The number of hydrogen-bond donors (Lipinski definition) is 3. The van der Waals surface area contributed by atoms with E-state index in [1.807, 2.05) is 24.8 Å². The Morgan fingerprint density at radius 3 is 2.67 bits per heavy atom. The van der Waals surface area contributed by atoms with E-state index >= 15 is 0 Å². The molecule has 0 unspecified atom stereocenters. The molecular formula is C27H32N6O3. The molecule has 0 radical (unpaired) electrons. The van der Waals surface area contributed by atoms with Crippen LogP contribution in [0.4, 0.5) is 11.4 Å². The normalized spacial score (nSPS) is 14.5. The van der Waals surface area contributed by atoms with Gasteiger partial charge >= 0.3 is 0 Å². The minimum Gasteiger partial charge on any atom is -0.387 e. The maximum Gasteiger partial charge on any atom is 0.296 e. The van der Waals surface area contributed by atoms with Gasteiger partial charge in [0.2, 0.25) is 5.91 Å². The van der Waals surface area contributed by atoms with E-state index in [2.05, 4.69) is 20.6 Å². The molecule has 1 aromatic carbocycles. The largest absolute Gasteiger partial charge is 0.387 e. The van der Waals surface area contributed by atoms with Crippen LogP contribution in [-0.2, 0) is 22.6 Å². The first-order valence-electron chi connectivity index (χ1n) is 12.4. The lowest BCUT2D eigenvalue weighted by Gasteiger charge is -2.22. The summed E-state index contributed by atoms with van der Waals surface area (Å²) in [5.41, 5.74) is 10.5. The average molecular weight is 489 g/mol. The number of pyridine rings is 1. The predicted octanol–water partition coefficient (Wildman–Crippen LogP) is 2.97. The van der Waals surface area contributed by atoms with Gasteiger partial charge in [-0.1, -0.05) is 26.0 Å². The summed E-state index contributed by atoms with van der Waals surface area (Å²) in [4.78, 5) is 49.4. The molecule has 0 bridgehead atoms. The number of amidine groups is 1. The summed E-state index contributed by atoms with van der Waals surface area (Å²) in [7, 11) is 0. The molecule has 2 aliphatic rings. The Bertz CT molecular complexity index is 1240. The molecule has 9 nitrogen and oxygen atoms in total. The van der Waals surface area contributed by atoms with E-state index in [9.17, 15) is 14.4 Å². The fourth-order valence-electron chi connectivity index (χ4n) is 4.46. The number of ketones is 1. The molecule has 36 heavy (non-hydrogen) atoms. The number of amides is 2. The van der Waals surface area contributed by atoms with Crippen molar-refractivity contribution in [1.29, 1.82) is 0 Å². The van der Waals surface area contributed by atoms with E-state index in [1.165, 1.54) is 0 Å². The van der Waals surface area contributed by atoms with E-state index < -0.39 is 11.7 Å². The first-order valence-corrected chi connectivity index (χ1v) is 12.4.